The lowest BCUT2D eigenvalue weighted by Gasteiger charge is -2.14. The molecule has 0 spiro atoms. The summed E-state index contributed by atoms with van der Waals surface area (Å²) >= 11 is 1.54. The summed E-state index contributed by atoms with van der Waals surface area (Å²) in [4.78, 5) is 26.6. The summed E-state index contributed by atoms with van der Waals surface area (Å²) < 4.78 is 0. The first kappa shape index (κ1) is 15.3. The van der Waals surface area contributed by atoms with Crippen LogP contribution in [0.3, 0.4) is 0 Å². The molecule has 0 bridgehead atoms. The Labute approximate surface area is 116 Å². The van der Waals surface area contributed by atoms with Crippen molar-refractivity contribution in [2.75, 3.05) is 12.0 Å². The van der Waals surface area contributed by atoms with Gasteiger partial charge in [0.15, 0.2) is 0 Å². The molecule has 0 aliphatic rings. The predicted molar refractivity (Wildman–Crippen MR) is 74.0 cm³/mol. The minimum atomic E-state index is -1.03. The molecule has 0 aliphatic heterocycles. The van der Waals surface area contributed by atoms with Crippen molar-refractivity contribution >= 4 is 23.8 Å². The van der Waals surface area contributed by atoms with Crippen molar-refractivity contribution in [2.45, 2.75) is 19.0 Å². The summed E-state index contributed by atoms with van der Waals surface area (Å²) in [6.45, 7) is 0.265. The fourth-order valence-corrected chi connectivity index (χ4v) is 1.85. The number of nitrogens with zero attached hydrogens (tertiary/aromatic N) is 1. The Kier molecular flexibility index (Phi) is 6.73. The number of carboxylic acids is 1. The molecule has 1 rings (SSSR count). The third-order valence-electron chi connectivity index (χ3n) is 2.37. The number of urea groups is 1. The molecule has 1 heterocycles. The van der Waals surface area contributed by atoms with Gasteiger partial charge in [-0.1, -0.05) is 6.07 Å². The van der Waals surface area contributed by atoms with E-state index in [1.807, 2.05) is 12.3 Å². The molecule has 0 aliphatic carbocycles. The first-order valence-corrected chi connectivity index (χ1v) is 7.19. The second kappa shape index (κ2) is 8.36. The molecule has 0 saturated heterocycles. The average molecular weight is 283 g/mol. The van der Waals surface area contributed by atoms with E-state index in [-0.39, 0.29) is 6.54 Å². The Morgan fingerprint density at radius 2 is 2.26 bits per heavy atom. The maximum Gasteiger partial charge on any atom is 0.326 e. The van der Waals surface area contributed by atoms with E-state index in [1.54, 1.807) is 18.3 Å². The van der Waals surface area contributed by atoms with Crippen LogP contribution in [0.15, 0.2) is 24.4 Å². The second-order valence-corrected chi connectivity index (χ2v) is 4.81. The van der Waals surface area contributed by atoms with Crippen LogP contribution in [0.1, 0.15) is 12.1 Å². The Bertz CT molecular complexity index is 414. The maximum absolute atomic E-state index is 11.6. The van der Waals surface area contributed by atoms with E-state index < -0.39 is 18.0 Å². The molecular formula is C12H17N3O3S. The molecule has 7 heteroatoms. The number of amides is 2. The smallest absolute Gasteiger partial charge is 0.326 e. The molecular weight excluding hydrogens is 266 g/mol. The Hall–Kier alpha value is -1.76. The number of hydrogen-bond donors (Lipinski definition) is 3. The van der Waals surface area contributed by atoms with Gasteiger partial charge >= 0.3 is 12.0 Å². The number of hydrogen-bond acceptors (Lipinski definition) is 4. The maximum atomic E-state index is 11.6. The van der Waals surface area contributed by atoms with E-state index in [0.29, 0.717) is 17.9 Å². The first-order valence-electron chi connectivity index (χ1n) is 5.79. The fraction of sp³-hybridized carbons (Fsp3) is 0.417. The molecule has 2 amide bonds. The number of pyridine rings is 1. The summed E-state index contributed by atoms with van der Waals surface area (Å²) in [5.74, 6) is -0.348. The van der Waals surface area contributed by atoms with Gasteiger partial charge in [-0.2, -0.15) is 11.8 Å². The number of aliphatic carboxylic acids is 1. The van der Waals surface area contributed by atoms with Gasteiger partial charge in [0, 0.05) is 6.20 Å². The summed E-state index contributed by atoms with van der Waals surface area (Å²) in [6.07, 6.45) is 3.92. The SMILES string of the molecule is CSCC[C@H](NC(=O)NCc1ccccn1)C(=O)O. The molecule has 0 fully saturated rings. The number of nitrogens with one attached hydrogen (secondary N) is 2. The number of carboxylic acid groups (broad SMARTS) is 1. The lowest BCUT2D eigenvalue weighted by atomic mass is 10.2. The van der Waals surface area contributed by atoms with Gasteiger partial charge in [0.2, 0.25) is 0 Å². The number of carbonyl (C=O) groups excluding carboxylic acids is 1. The molecule has 0 saturated carbocycles. The number of carbonyl (C=O) groups is 2. The van der Waals surface area contributed by atoms with Crippen LogP contribution in [0.25, 0.3) is 0 Å². The lowest BCUT2D eigenvalue weighted by Crippen LogP contribution is -2.46. The van der Waals surface area contributed by atoms with E-state index in [2.05, 4.69) is 15.6 Å². The van der Waals surface area contributed by atoms with Crippen molar-refractivity contribution in [3.8, 4) is 0 Å². The fourth-order valence-electron chi connectivity index (χ4n) is 1.38. The molecule has 0 aromatic carbocycles. The Morgan fingerprint density at radius 1 is 1.47 bits per heavy atom. The summed E-state index contributed by atoms with van der Waals surface area (Å²) in [7, 11) is 0. The molecule has 0 unspecified atom stereocenters. The van der Waals surface area contributed by atoms with Crippen LogP contribution in [0.5, 0.6) is 0 Å². The van der Waals surface area contributed by atoms with Gasteiger partial charge in [-0.05, 0) is 30.6 Å². The predicted octanol–water partition coefficient (Wildman–Crippen LogP) is 1.09. The lowest BCUT2D eigenvalue weighted by molar-refractivity contribution is -0.139. The van der Waals surface area contributed by atoms with Crippen LogP contribution < -0.4 is 10.6 Å². The van der Waals surface area contributed by atoms with Gasteiger partial charge in [-0.3, -0.25) is 4.98 Å². The largest absolute Gasteiger partial charge is 0.480 e. The number of rotatable bonds is 7. The zero-order valence-electron chi connectivity index (χ0n) is 10.6. The van der Waals surface area contributed by atoms with Crippen molar-refractivity contribution in [2.24, 2.45) is 0 Å². The zero-order valence-corrected chi connectivity index (χ0v) is 11.4. The molecule has 1 aromatic heterocycles. The molecule has 1 aromatic rings. The summed E-state index contributed by atoms with van der Waals surface area (Å²) in [5.41, 5.74) is 0.716. The minimum Gasteiger partial charge on any atom is -0.480 e. The molecule has 19 heavy (non-hydrogen) atoms. The molecule has 6 nitrogen and oxygen atoms in total. The molecule has 3 N–H and O–H groups in total. The van der Waals surface area contributed by atoms with Gasteiger partial charge < -0.3 is 15.7 Å². The highest BCUT2D eigenvalue weighted by Gasteiger charge is 2.18. The van der Waals surface area contributed by atoms with Crippen LogP contribution in [0.2, 0.25) is 0 Å². The minimum absolute atomic E-state index is 0.265. The Balaban J connectivity index is 2.38. The van der Waals surface area contributed by atoms with Gasteiger partial charge in [0.1, 0.15) is 6.04 Å². The summed E-state index contributed by atoms with van der Waals surface area (Å²) in [5, 5.41) is 14.0. The average Bonchev–Trinajstić information content (AvgIpc) is 2.42. The normalized spacial score (nSPS) is 11.6. The van der Waals surface area contributed by atoms with Gasteiger partial charge in [-0.25, -0.2) is 9.59 Å². The van der Waals surface area contributed by atoms with Crippen LogP contribution in [-0.4, -0.2) is 40.1 Å². The standard InChI is InChI=1S/C12H17N3O3S/c1-19-7-5-10(11(16)17)15-12(18)14-8-9-4-2-3-6-13-9/h2-4,6,10H,5,7-8H2,1H3,(H,16,17)(H2,14,15,18)/t10-/m0/s1. The van der Waals surface area contributed by atoms with Crippen LogP contribution in [0.4, 0.5) is 4.79 Å². The van der Waals surface area contributed by atoms with Crippen LogP contribution >= 0.6 is 11.8 Å². The third-order valence-corrected chi connectivity index (χ3v) is 3.01. The van der Waals surface area contributed by atoms with E-state index in [4.69, 9.17) is 5.11 Å². The molecule has 104 valence electrons. The monoisotopic (exact) mass is 283 g/mol. The van der Waals surface area contributed by atoms with Crippen LogP contribution in [0, 0.1) is 0 Å². The van der Waals surface area contributed by atoms with E-state index in [9.17, 15) is 9.59 Å². The molecule has 1 atom stereocenters. The van der Waals surface area contributed by atoms with E-state index in [0.717, 1.165) is 0 Å². The second-order valence-electron chi connectivity index (χ2n) is 3.82. The van der Waals surface area contributed by atoms with Gasteiger partial charge in [-0.15, -0.1) is 0 Å². The van der Waals surface area contributed by atoms with E-state index >= 15 is 0 Å². The number of thioether (sulfide) groups is 1. The van der Waals surface area contributed by atoms with E-state index in [1.165, 1.54) is 11.8 Å². The van der Waals surface area contributed by atoms with Crippen molar-refractivity contribution < 1.29 is 14.7 Å². The third kappa shape index (κ3) is 6.10. The highest BCUT2D eigenvalue weighted by molar-refractivity contribution is 7.98. The topological polar surface area (TPSA) is 91.3 Å². The van der Waals surface area contributed by atoms with Crippen molar-refractivity contribution in [3.63, 3.8) is 0 Å². The first-order chi connectivity index (χ1) is 9.13. The Morgan fingerprint density at radius 3 is 2.84 bits per heavy atom. The van der Waals surface area contributed by atoms with Gasteiger partial charge in [0.05, 0.1) is 12.2 Å². The number of aromatic nitrogens is 1. The zero-order chi connectivity index (χ0) is 14.1. The van der Waals surface area contributed by atoms with Gasteiger partial charge in [0.25, 0.3) is 0 Å². The quantitative estimate of drug-likeness (QED) is 0.696. The highest BCUT2D eigenvalue weighted by Crippen LogP contribution is 2.01. The van der Waals surface area contributed by atoms with Crippen molar-refractivity contribution in [1.82, 2.24) is 15.6 Å². The summed E-state index contributed by atoms with van der Waals surface area (Å²) in [6, 6.07) is 4.02. The van der Waals surface area contributed by atoms with Crippen molar-refractivity contribution in [3.05, 3.63) is 30.1 Å². The van der Waals surface area contributed by atoms with Crippen molar-refractivity contribution in [1.29, 1.82) is 0 Å². The highest BCUT2D eigenvalue weighted by atomic mass is 32.2. The molecule has 0 radical (unpaired) electrons. The van der Waals surface area contributed by atoms with Crippen LogP contribution in [-0.2, 0) is 11.3 Å².